The monoisotopic (exact) mass is 343 g/mol. The summed E-state index contributed by atoms with van der Waals surface area (Å²) in [6, 6.07) is 11.0. The number of hydrogen-bond donors (Lipinski definition) is 2. The summed E-state index contributed by atoms with van der Waals surface area (Å²) in [6.07, 6.45) is 0. The van der Waals surface area contributed by atoms with E-state index in [1.807, 2.05) is 24.3 Å². The van der Waals surface area contributed by atoms with Gasteiger partial charge in [-0.15, -0.1) is 0 Å². The fraction of sp³-hybridized carbons (Fsp3) is 0.278. The Labute approximate surface area is 146 Å². The van der Waals surface area contributed by atoms with Gasteiger partial charge in [-0.2, -0.15) is 0 Å². The summed E-state index contributed by atoms with van der Waals surface area (Å²) in [6.45, 7) is 6.32. The lowest BCUT2D eigenvalue weighted by molar-refractivity contribution is -0.384. The van der Waals surface area contributed by atoms with E-state index < -0.39 is 11.0 Å². The second kappa shape index (κ2) is 7.21. The summed E-state index contributed by atoms with van der Waals surface area (Å²) < 4.78 is 5.12. The van der Waals surface area contributed by atoms with Gasteiger partial charge in [0.15, 0.2) is 0 Å². The lowest BCUT2D eigenvalue weighted by Crippen LogP contribution is -2.20. The van der Waals surface area contributed by atoms with Gasteiger partial charge in [0.05, 0.1) is 17.7 Å². The predicted octanol–water partition coefficient (Wildman–Crippen LogP) is 4.54. The van der Waals surface area contributed by atoms with Gasteiger partial charge < -0.3 is 15.4 Å². The van der Waals surface area contributed by atoms with Crippen LogP contribution in [0.15, 0.2) is 42.5 Å². The Morgan fingerprint density at radius 2 is 1.72 bits per heavy atom. The highest BCUT2D eigenvalue weighted by Crippen LogP contribution is 2.29. The molecule has 2 aromatic rings. The van der Waals surface area contributed by atoms with Crippen LogP contribution in [0, 0.1) is 10.1 Å². The number of nitrogens with one attached hydrogen (secondary N) is 2. The van der Waals surface area contributed by atoms with Crippen LogP contribution in [0.5, 0.6) is 5.75 Å². The topological polar surface area (TPSA) is 93.5 Å². The van der Waals surface area contributed by atoms with Gasteiger partial charge in [-0.3, -0.25) is 10.1 Å². The maximum atomic E-state index is 12.2. The number of methoxy groups -OCH3 is 1. The van der Waals surface area contributed by atoms with Crippen LogP contribution in [0.3, 0.4) is 0 Å². The minimum absolute atomic E-state index is 0.0249. The van der Waals surface area contributed by atoms with E-state index in [-0.39, 0.29) is 16.8 Å². The molecule has 25 heavy (non-hydrogen) atoms. The highest BCUT2D eigenvalue weighted by atomic mass is 16.6. The molecule has 0 saturated heterocycles. The molecule has 0 aromatic heterocycles. The van der Waals surface area contributed by atoms with Crippen LogP contribution in [0.1, 0.15) is 26.3 Å². The first-order chi connectivity index (χ1) is 11.7. The summed E-state index contributed by atoms with van der Waals surface area (Å²) in [5.41, 5.74) is 1.89. The number of anilines is 2. The molecule has 0 aliphatic carbocycles. The highest BCUT2D eigenvalue weighted by Gasteiger charge is 2.15. The van der Waals surface area contributed by atoms with Crippen LogP contribution in [0.4, 0.5) is 21.9 Å². The van der Waals surface area contributed by atoms with Crippen molar-refractivity contribution in [2.24, 2.45) is 0 Å². The Balaban J connectivity index is 2.12. The van der Waals surface area contributed by atoms with Crippen molar-refractivity contribution < 1.29 is 14.5 Å². The van der Waals surface area contributed by atoms with Gasteiger partial charge in [0.2, 0.25) is 0 Å². The van der Waals surface area contributed by atoms with Gasteiger partial charge in [-0.05, 0) is 29.2 Å². The molecule has 0 radical (unpaired) electrons. The quantitative estimate of drug-likeness (QED) is 0.629. The van der Waals surface area contributed by atoms with Crippen molar-refractivity contribution in [3.05, 3.63) is 58.1 Å². The Morgan fingerprint density at radius 3 is 2.24 bits per heavy atom. The normalized spacial score (nSPS) is 10.9. The molecule has 7 nitrogen and oxygen atoms in total. The SMILES string of the molecule is COc1ccc([N+](=O)[O-])cc1NC(=O)Nc1ccc(C(C)(C)C)cc1. The van der Waals surface area contributed by atoms with Gasteiger partial charge >= 0.3 is 6.03 Å². The zero-order valence-electron chi connectivity index (χ0n) is 14.6. The van der Waals surface area contributed by atoms with E-state index in [2.05, 4.69) is 31.4 Å². The van der Waals surface area contributed by atoms with Crippen molar-refractivity contribution in [1.82, 2.24) is 0 Å². The van der Waals surface area contributed by atoms with Crippen molar-refractivity contribution in [3.8, 4) is 5.75 Å². The molecular weight excluding hydrogens is 322 g/mol. The van der Waals surface area contributed by atoms with E-state index in [4.69, 9.17) is 4.74 Å². The largest absolute Gasteiger partial charge is 0.495 e. The molecule has 132 valence electrons. The molecule has 2 aromatic carbocycles. The molecule has 0 atom stereocenters. The zero-order chi connectivity index (χ0) is 18.6. The minimum Gasteiger partial charge on any atom is -0.495 e. The Bertz CT molecular complexity index is 780. The number of nitrogens with zero attached hydrogens (tertiary/aromatic N) is 1. The number of urea groups is 1. The maximum absolute atomic E-state index is 12.2. The number of ether oxygens (including phenoxy) is 1. The van der Waals surface area contributed by atoms with Crippen molar-refractivity contribution in [2.75, 3.05) is 17.7 Å². The molecule has 2 rings (SSSR count). The van der Waals surface area contributed by atoms with E-state index in [0.717, 1.165) is 5.56 Å². The second-order valence-electron chi connectivity index (χ2n) is 6.55. The average molecular weight is 343 g/mol. The molecule has 0 fully saturated rings. The van der Waals surface area contributed by atoms with Gasteiger partial charge in [0, 0.05) is 17.8 Å². The molecule has 0 aliphatic heterocycles. The fourth-order valence-corrected chi connectivity index (χ4v) is 2.25. The first-order valence-electron chi connectivity index (χ1n) is 7.71. The number of benzene rings is 2. The highest BCUT2D eigenvalue weighted by molar-refractivity contribution is 6.00. The third-order valence-electron chi connectivity index (χ3n) is 3.65. The number of hydrogen-bond acceptors (Lipinski definition) is 4. The molecule has 0 unspecified atom stereocenters. The summed E-state index contributed by atoms with van der Waals surface area (Å²) in [4.78, 5) is 22.5. The first-order valence-corrected chi connectivity index (χ1v) is 7.71. The van der Waals surface area contributed by atoms with E-state index >= 15 is 0 Å². The lowest BCUT2D eigenvalue weighted by Gasteiger charge is -2.19. The summed E-state index contributed by atoms with van der Waals surface area (Å²) in [5.74, 6) is 0.337. The number of carbonyl (C=O) groups excluding carboxylic acids is 1. The fourth-order valence-electron chi connectivity index (χ4n) is 2.25. The molecule has 7 heteroatoms. The molecule has 2 N–H and O–H groups in total. The van der Waals surface area contributed by atoms with Crippen molar-refractivity contribution in [2.45, 2.75) is 26.2 Å². The second-order valence-corrected chi connectivity index (χ2v) is 6.55. The zero-order valence-corrected chi connectivity index (χ0v) is 14.6. The summed E-state index contributed by atoms with van der Waals surface area (Å²) >= 11 is 0. The van der Waals surface area contributed by atoms with Crippen LogP contribution in [0.2, 0.25) is 0 Å². The third kappa shape index (κ3) is 4.69. The Morgan fingerprint density at radius 1 is 1.08 bits per heavy atom. The van der Waals surface area contributed by atoms with Crippen LogP contribution >= 0.6 is 0 Å². The molecule has 0 heterocycles. The first kappa shape index (κ1) is 18.3. The van der Waals surface area contributed by atoms with Crippen LogP contribution in [-0.4, -0.2) is 18.1 Å². The molecule has 2 amide bonds. The summed E-state index contributed by atoms with van der Waals surface area (Å²) in [5, 5.41) is 16.1. The maximum Gasteiger partial charge on any atom is 0.323 e. The number of nitro groups is 1. The number of rotatable bonds is 4. The smallest absolute Gasteiger partial charge is 0.323 e. The van der Waals surface area contributed by atoms with E-state index in [9.17, 15) is 14.9 Å². The number of non-ortho nitro benzene ring substituents is 1. The molecule has 0 aliphatic rings. The Kier molecular flexibility index (Phi) is 5.26. The molecule has 0 saturated carbocycles. The van der Waals surface area contributed by atoms with Crippen molar-refractivity contribution >= 4 is 23.1 Å². The van der Waals surface area contributed by atoms with Gasteiger partial charge in [0.1, 0.15) is 5.75 Å². The van der Waals surface area contributed by atoms with Crippen molar-refractivity contribution in [1.29, 1.82) is 0 Å². The molecule has 0 bridgehead atoms. The summed E-state index contributed by atoms with van der Waals surface area (Å²) in [7, 11) is 1.43. The third-order valence-corrected chi connectivity index (χ3v) is 3.65. The lowest BCUT2D eigenvalue weighted by atomic mass is 9.87. The van der Waals surface area contributed by atoms with Crippen LogP contribution in [0.25, 0.3) is 0 Å². The van der Waals surface area contributed by atoms with E-state index in [1.165, 1.54) is 25.3 Å². The van der Waals surface area contributed by atoms with Crippen LogP contribution in [-0.2, 0) is 5.41 Å². The number of nitro benzene ring substituents is 1. The number of carbonyl (C=O) groups is 1. The standard InChI is InChI=1S/C18H21N3O4/c1-18(2,3)12-5-7-13(8-6-12)19-17(22)20-15-11-14(21(23)24)9-10-16(15)25-4/h5-11H,1-4H3,(H2,19,20,22). The molecule has 0 spiro atoms. The van der Waals surface area contributed by atoms with E-state index in [0.29, 0.717) is 11.4 Å². The minimum atomic E-state index is -0.534. The predicted molar refractivity (Wildman–Crippen MR) is 97.4 cm³/mol. The molecular formula is C18H21N3O4. The average Bonchev–Trinajstić information content (AvgIpc) is 2.54. The van der Waals surface area contributed by atoms with Gasteiger partial charge in [-0.25, -0.2) is 4.79 Å². The van der Waals surface area contributed by atoms with Crippen molar-refractivity contribution in [3.63, 3.8) is 0 Å². The number of amides is 2. The van der Waals surface area contributed by atoms with Crippen LogP contribution < -0.4 is 15.4 Å². The Hall–Kier alpha value is -3.09. The van der Waals surface area contributed by atoms with E-state index in [1.54, 1.807) is 0 Å². The van der Waals surface area contributed by atoms with Gasteiger partial charge in [0.25, 0.3) is 5.69 Å². The van der Waals surface area contributed by atoms with Gasteiger partial charge in [-0.1, -0.05) is 32.9 Å².